The van der Waals surface area contributed by atoms with Crippen LogP contribution < -0.4 is 19.9 Å². The summed E-state index contributed by atoms with van der Waals surface area (Å²) >= 11 is 0. The van der Waals surface area contributed by atoms with Crippen LogP contribution in [-0.2, 0) is 0 Å². The topological polar surface area (TPSA) is 66.6 Å². The lowest BCUT2D eigenvalue weighted by Crippen LogP contribution is -2.43. The molecule has 5 nitrogen and oxygen atoms in total. The second-order valence-corrected chi connectivity index (χ2v) is 5.02. The van der Waals surface area contributed by atoms with Crippen molar-refractivity contribution in [3.8, 4) is 17.4 Å². The Morgan fingerprint density at radius 1 is 1.15 bits per heavy atom. The van der Waals surface area contributed by atoms with Crippen LogP contribution in [0.25, 0.3) is 10.8 Å². The summed E-state index contributed by atoms with van der Waals surface area (Å²) in [6.07, 6.45) is 3.66. The minimum Gasteiger partial charge on any atom is -0.493 e. The Morgan fingerprint density at radius 3 is 2.50 bits per heavy atom. The van der Waals surface area contributed by atoms with Crippen molar-refractivity contribution in [2.75, 3.05) is 14.2 Å². The van der Waals surface area contributed by atoms with Gasteiger partial charge in [0.25, 0.3) is 0 Å². The highest BCUT2D eigenvalue weighted by Gasteiger charge is 2.28. The average Bonchev–Trinajstić information content (AvgIpc) is 2.44. The van der Waals surface area contributed by atoms with E-state index in [9.17, 15) is 0 Å². The molecular weight excluding hydrogens is 256 g/mol. The fourth-order valence-electron chi connectivity index (χ4n) is 2.43. The highest BCUT2D eigenvalue weighted by Crippen LogP contribution is 2.36. The summed E-state index contributed by atoms with van der Waals surface area (Å²) < 4.78 is 16.6. The fraction of sp³-hybridized carbons (Fsp3) is 0.400. The lowest BCUT2D eigenvalue weighted by Gasteiger charge is -2.32. The van der Waals surface area contributed by atoms with Gasteiger partial charge in [-0.2, -0.15) is 0 Å². The second-order valence-electron chi connectivity index (χ2n) is 5.02. The van der Waals surface area contributed by atoms with Gasteiger partial charge in [-0.3, -0.25) is 0 Å². The molecule has 106 valence electrons. The molecule has 0 unspecified atom stereocenters. The van der Waals surface area contributed by atoms with E-state index in [0.29, 0.717) is 17.4 Å². The van der Waals surface area contributed by atoms with Gasteiger partial charge >= 0.3 is 0 Å². The number of hydrogen-bond acceptors (Lipinski definition) is 5. The highest BCUT2D eigenvalue weighted by atomic mass is 16.5. The lowest BCUT2D eigenvalue weighted by atomic mass is 9.90. The van der Waals surface area contributed by atoms with E-state index in [1.54, 1.807) is 20.4 Å². The zero-order chi connectivity index (χ0) is 14.1. The molecule has 5 heteroatoms. The maximum atomic E-state index is 5.92. The van der Waals surface area contributed by atoms with Crippen molar-refractivity contribution in [1.29, 1.82) is 0 Å². The van der Waals surface area contributed by atoms with Crippen LogP contribution in [0.5, 0.6) is 17.4 Å². The average molecular weight is 274 g/mol. The minimum absolute atomic E-state index is 0.163. The van der Waals surface area contributed by atoms with Gasteiger partial charge in [0, 0.05) is 17.6 Å². The van der Waals surface area contributed by atoms with E-state index < -0.39 is 0 Å². The number of fused-ring (bicyclic) bond motifs is 1. The van der Waals surface area contributed by atoms with Gasteiger partial charge in [0.15, 0.2) is 11.5 Å². The van der Waals surface area contributed by atoms with E-state index in [4.69, 9.17) is 19.9 Å². The molecule has 1 fully saturated rings. The Morgan fingerprint density at radius 2 is 1.85 bits per heavy atom. The zero-order valence-electron chi connectivity index (χ0n) is 11.6. The minimum atomic E-state index is 0.163. The van der Waals surface area contributed by atoms with Crippen molar-refractivity contribution in [3.63, 3.8) is 0 Å². The molecule has 1 saturated carbocycles. The molecule has 1 heterocycles. The summed E-state index contributed by atoms with van der Waals surface area (Å²) in [5.41, 5.74) is 5.78. The third-order valence-corrected chi connectivity index (χ3v) is 3.64. The Labute approximate surface area is 117 Å². The zero-order valence-corrected chi connectivity index (χ0v) is 11.6. The van der Waals surface area contributed by atoms with Crippen molar-refractivity contribution < 1.29 is 14.2 Å². The van der Waals surface area contributed by atoms with E-state index in [-0.39, 0.29) is 12.1 Å². The SMILES string of the molecule is COc1cc2ccnc(OC3CC(N)C3)c2cc1OC. The van der Waals surface area contributed by atoms with E-state index >= 15 is 0 Å². The number of aromatic nitrogens is 1. The van der Waals surface area contributed by atoms with Crippen LogP contribution in [0.15, 0.2) is 24.4 Å². The molecule has 0 radical (unpaired) electrons. The normalized spacial score (nSPS) is 21.4. The highest BCUT2D eigenvalue weighted by molar-refractivity contribution is 5.89. The van der Waals surface area contributed by atoms with Crippen LogP contribution in [0, 0.1) is 0 Å². The van der Waals surface area contributed by atoms with Gasteiger partial charge in [0.05, 0.1) is 14.2 Å². The molecule has 1 aliphatic rings. The molecule has 0 aliphatic heterocycles. The lowest BCUT2D eigenvalue weighted by molar-refractivity contribution is 0.0976. The monoisotopic (exact) mass is 274 g/mol. The molecular formula is C15H18N2O3. The van der Waals surface area contributed by atoms with Crippen LogP contribution in [0.4, 0.5) is 0 Å². The smallest absolute Gasteiger partial charge is 0.221 e. The molecule has 0 bridgehead atoms. The van der Waals surface area contributed by atoms with Crippen LogP contribution in [0.3, 0.4) is 0 Å². The summed E-state index contributed by atoms with van der Waals surface area (Å²) in [7, 11) is 3.24. The van der Waals surface area contributed by atoms with Crippen molar-refractivity contribution >= 4 is 10.8 Å². The Kier molecular flexibility index (Phi) is 3.36. The first-order valence-electron chi connectivity index (χ1n) is 6.64. The molecule has 0 spiro atoms. The first kappa shape index (κ1) is 13.0. The number of ether oxygens (including phenoxy) is 3. The van der Waals surface area contributed by atoms with E-state index in [2.05, 4.69) is 4.98 Å². The van der Waals surface area contributed by atoms with Crippen LogP contribution in [-0.4, -0.2) is 31.3 Å². The van der Waals surface area contributed by atoms with Gasteiger partial charge in [-0.05, 0) is 36.4 Å². The molecule has 3 rings (SSSR count). The number of nitrogens with two attached hydrogens (primary N) is 1. The second kappa shape index (κ2) is 5.17. The molecule has 2 N–H and O–H groups in total. The summed E-state index contributed by atoms with van der Waals surface area (Å²) in [6, 6.07) is 6.01. The van der Waals surface area contributed by atoms with Crippen molar-refractivity contribution in [1.82, 2.24) is 4.98 Å². The first-order chi connectivity index (χ1) is 9.71. The molecule has 2 aromatic rings. The predicted molar refractivity (Wildman–Crippen MR) is 76.5 cm³/mol. The third-order valence-electron chi connectivity index (χ3n) is 3.64. The van der Waals surface area contributed by atoms with Crippen LogP contribution in [0.1, 0.15) is 12.8 Å². The maximum Gasteiger partial charge on any atom is 0.221 e. The van der Waals surface area contributed by atoms with E-state index in [1.807, 2.05) is 18.2 Å². The van der Waals surface area contributed by atoms with Crippen molar-refractivity contribution in [2.45, 2.75) is 25.0 Å². The fourth-order valence-corrected chi connectivity index (χ4v) is 2.43. The molecule has 20 heavy (non-hydrogen) atoms. The van der Waals surface area contributed by atoms with Gasteiger partial charge in [0.1, 0.15) is 6.10 Å². The number of pyridine rings is 1. The Balaban J connectivity index is 1.99. The predicted octanol–water partition coefficient (Wildman–Crippen LogP) is 2.12. The number of rotatable bonds is 4. The van der Waals surface area contributed by atoms with Gasteiger partial charge in [-0.1, -0.05) is 0 Å². The molecule has 0 amide bonds. The molecule has 0 atom stereocenters. The van der Waals surface area contributed by atoms with Crippen LogP contribution >= 0.6 is 0 Å². The number of benzene rings is 1. The van der Waals surface area contributed by atoms with Gasteiger partial charge < -0.3 is 19.9 Å². The van der Waals surface area contributed by atoms with Crippen molar-refractivity contribution in [2.24, 2.45) is 5.73 Å². The van der Waals surface area contributed by atoms with Crippen molar-refractivity contribution in [3.05, 3.63) is 24.4 Å². The van der Waals surface area contributed by atoms with E-state index in [0.717, 1.165) is 23.6 Å². The Bertz CT molecular complexity index is 624. The summed E-state index contributed by atoms with van der Waals surface area (Å²) in [4.78, 5) is 4.33. The molecule has 1 aliphatic carbocycles. The molecule has 1 aromatic carbocycles. The standard InChI is InChI=1S/C15H18N2O3/c1-18-13-5-9-3-4-17-15(12(9)8-14(13)19-2)20-11-6-10(16)7-11/h3-5,8,10-11H,6-7,16H2,1-2H3. The third kappa shape index (κ3) is 2.25. The van der Waals surface area contributed by atoms with Gasteiger partial charge in [-0.25, -0.2) is 4.98 Å². The van der Waals surface area contributed by atoms with Gasteiger partial charge in [-0.15, -0.1) is 0 Å². The van der Waals surface area contributed by atoms with Crippen LogP contribution in [0.2, 0.25) is 0 Å². The van der Waals surface area contributed by atoms with E-state index in [1.165, 1.54) is 0 Å². The maximum absolute atomic E-state index is 5.92. The summed E-state index contributed by atoms with van der Waals surface area (Å²) in [6.45, 7) is 0. The molecule has 0 saturated heterocycles. The Hall–Kier alpha value is -2.01. The number of nitrogens with zero attached hydrogens (tertiary/aromatic N) is 1. The number of methoxy groups -OCH3 is 2. The molecule has 1 aromatic heterocycles. The quantitative estimate of drug-likeness (QED) is 0.925. The number of hydrogen-bond donors (Lipinski definition) is 1. The first-order valence-corrected chi connectivity index (χ1v) is 6.64. The summed E-state index contributed by atoms with van der Waals surface area (Å²) in [5.74, 6) is 1.99. The van der Waals surface area contributed by atoms with Gasteiger partial charge in [0.2, 0.25) is 5.88 Å². The largest absolute Gasteiger partial charge is 0.493 e. The summed E-state index contributed by atoms with van der Waals surface area (Å²) in [5, 5.41) is 1.93.